The number of nitrogens with zero attached hydrogens (tertiary/aromatic N) is 2. The largest absolute Gasteiger partial charge is 0.310 e. The molecule has 0 atom stereocenters. The van der Waals surface area contributed by atoms with Gasteiger partial charge in [0.25, 0.3) is 0 Å². The summed E-state index contributed by atoms with van der Waals surface area (Å²) in [7, 11) is 0. The summed E-state index contributed by atoms with van der Waals surface area (Å²) < 4.78 is 2.55. The van der Waals surface area contributed by atoms with Gasteiger partial charge in [0.2, 0.25) is 0 Å². The van der Waals surface area contributed by atoms with Crippen molar-refractivity contribution >= 4 is 38.9 Å². The molecule has 2 nitrogen and oxygen atoms in total. The van der Waals surface area contributed by atoms with Crippen LogP contribution in [0, 0.1) is 0 Å². The van der Waals surface area contributed by atoms with Crippen molar-refractivity contribution in [2.75, 3.05) is 4.90 Å². The summed E-state index contributed by atoms with van der Waals surface area (Å²) in [6.45, 7) is 9.53. The lowest BCUT2D eigenvalue weighted by molar-refractivity contribution is 0.657. The lowest BCUT2D eigenvalue weighted by Crippen LogP contribution is -2.18. The van der Waals surface area contributed by atoms with Crippen LogP contribution in [-0.4, -0.2) is 4.57 Å². The molecule has 0 fully saturated rings. The van der Waals surface area contributed by atoms with E-state index in [2.05, 4.69) is 243 Å². The van der Waals surface area contributed by atoms with Crippen LogP contribution in [0.4, 0.5) is 17.1 Å². The van der Waals surface area contributed by atoms with E-state index in [1.807, 2.05) is 0 Å². The average Bonchev–Trinajstić information content (AvgIpc) is 3.86. The van der Waals surface area contributed by atoms with Crippen molar-refractivity contribution in [3.8, 4) is 50.2 Å². The van der Waals surface area contributed by atoms with Crippen molar-refractivity contribution in [3.05, 3.63) is 229 Å². The summed E-state index contributed by atoms with van der Waals surface area (Å²) in [6.07, 6.45) is 0. The fraction of sp³-hybridized carbons (Fsp3) is 0.100. The summed E-state index contributed by atoms with van der Waals surface area (Å²) in [5, 5.41) is 2.54. The molecule has 296 valence electrons. The molecular formula is C60H46N2. The molecule has 1 heterocycles. The average molecular weight is 795 g/mol. The first kappa shape index (κ1) is 36.4. The van der Waals surface area contributed by atoms with Crippen molar-refractivity contribution in [1.82, 2.24) is 4.57 Å². The Morgan fingerprint density at radius 2 is 0.790 bits per heavy atom. The molecule has 0 saturated carbocycles. The Morgan fingerprint density at radius 1 is 0.339 bits per heavy atom. The van der Waals surface area contributed by atoms with Gasteiger partial charge in [-0.2, -0.15) is 0 Å². The highest BCUT2D eigenvalue weighted by Gasteiger charge is 2.40. The van der Waals surface area contributed by atoms with Crippen LogP contribution in [-0.2, 0) is 10.8 Å². The van der Waals surface area contributed by atoms with E-state index in [0.717, 1.165) is 17.1 Å². The Hall–Kier alpha value is -7.42. The first-order chi connectivity index (χ1) is 30.3. The maximum atomic E-state index is 2.55. The second kappa shape index (κ2) is 13.5. The van der Waals surface area contributed by atoms with Crippen LogP contribution in [0.3, 0.4) is 0 Å². The molecule has 1 aromatic heterocycles. The lowest BCUT2D eigenvalue weighted by Gasteiger charge is -2.29. The van der Waals surface area contributed by atoms with Crippen LogP contribution in [0.25, 0.3) is 72.0 Å². The van der Waals surface area contributed by atoms with Crippen LogP contribution in [0.2, 0.25) is 0 Å². The zero-order chi connectivity index (χ0) is 41.7. The summed E-state index contributed by atoms with van der Waals surface area (Å²) in [6, 6.07) is 76.4. The van der Waals surface area contributed by atoms with Crippen LogP contribution in [0.15, 0.2) is 206 Å². The molecule has 12 rings (SSSR count). The van der Waals surface area contributed by atoms with Crippen molar-refractivity contribution in [1.29, 1.82) is 0 Å². The molecule has 0 aliphatic heterocycles. The van der Waals surface area contributed by atoms with Crippen molar-refractivity contribution in [3.63, 3.8) is 0 Å². The first-order valence-corrected chi connectivity index (χ1v) is 21.9. The second-order valence-corrected chi connectivity index (χ2v) is 18.1. The molecule has 2 heteroatoms. The molecule has 0 bridgehead atoms. The van der Waals surface area contributed by atoms with E-state index >= 15 is 0 Å². The number of aromatic nitrogens is 1. The van der Waals surface area contributed by atoms with Crippen LogP contribution >= 0.6 is 0 Å². The van der Waals surface area contributed by atoms with E-state index in [1.165, 1.54) is 94.3 Å². The number of anilines is 3. The van der Waals surface area contributed by atoms with Gasteiger partial charge in [0, 0.05) is 44.2 Å². The Bertz CT molecular complexity index is 3330. The highest BCUT2D eigenvalue weighted by molar-refractivity contribution is 6.10. The van der Waals surface area contributed by atoms with E-state index in [4.69, 9.17) is 0 Å². The SMILES string of the molecule is CC1(C)c2ccccc2-c2ccc(N(c3ccc(-c4ccccc4)cc3)c3ccc(-c4ccc5c(c4-n4c6ccccc6c6ccccc64)C(C)(C)c4ccccc4-5)cc3)cc21. The summed E-state index contributed by atoms with van der Waals surface area (Å²) in [5.74, 6) is 0. The van der Waals surface area contributed by atoms with E-state index in [9.17, 15) is 0 Å². The molecule has 0 unspecified atom stereocenters. The van der Waals surface area contributed by atoms with Gasteiger partial charge in [-0.15, -0.1) is 0 Å². The van der Waals surface area contributed by atoms with Gasteiger partial charge in [-0.25, -0.2) is 0 Å². The Morgan fingerprint density at radius 3 is 1.44 bits per heavy atom. The van der Waals surface area contributed by atoms with Crippen LogP contribution < -0.4 is 4.90 Å². The van der Waals surface area contributed by atoms with Crippen molar-refractivity contribution in [2.24, 2.45) is 0 Å². The molecule has 0 N–H and O–H groups in total. The molecule has 0 radical (unpaired) electrons. The topological polar surface area (TPSA) is 8.17 Å². The van der Waals surface area contributed by atoms with Gasteiger partial charge in [0.05, 0.1) is 16.7 Å². The smallest absolute Gasteiger partial charge is 0.0587 e. The highest BCUT2D eigenvalue weighted by Crippen LogP contribution is 2.55. The molecule has 2 aliphatic rings. The number of hydrogen-bond donors (Lipinski definition) is 0. The van der Waals surface area contributed by atoms with Crippen LogP contribution in [0.5, 0.6) is 0 Å². The normalized spacial score (nSPS) is 14.1. The third-order valence-corrected chi connectivity index (χ3v) is 14.0. The van der Waals surface area contributed by atoms with E-state index in [1.54, 1.807) is 0 Å². The minimum absolute atomic E-state index is 0.112. The predicted molar refractivity (Wildman–Crippen MR) is 261 cm³/mol. The van der Waals surface area contributed by atoms with Gasteiger partial charge in [0.15, 0.2) is 0 Å². The minimum Gasteiger partial charge on any atom is -0.310 e. The van der Waals surface area contributed by atoms with Gasteiger partial charge < -0.3 is 9.47 Å². The van der Waals surface area contributed by atoms with Gasteiger partial charge in [-0.3, -0.25) is 0 Å². The van der Waals surface area contributed by atoms with Crippen molar-refractivity contribution in [2.45, 2.75) is 38.5 Å². The molecule has 0 spiro atoms. The second-order valence-electron chi connectivity index (χ2n) is 18.1. The zero-order valence-corrected chi connectivity index (χ0v) is 35.5. The van der Waals surface area contributed by atoms with Gasteiger partial charge in [0.1, 0.15) is 0 Å². The summed E-state index contributed by atoms with van der Waals surface area (Å²) in [4.78, 5) is 2.42. The van der Waals surface area contributed by atoms with Crippen molar-refractivity contribution < 1.29 is 0 Å². The molecule has 10 aromatic rings. The van der Waals surface area contributed by atoms with E-state index in [0.29, 0.717) is 0 Å². The molecule has 9 aromatic carbocycles. The number of fused-ring (bicyclic) bond motifs is 9. The third-order valence-electron chi connectivity index (χ3n) is 14.0. The van der Waals surface area contributed by atoms with E-state index in [-0.39, 0.29) is 10.8 Å². The Labute approximate surface area is 364 Å². The van der Waals surface area contributed by atoms with Gasteiger partial charge in [-0.05, 0) is 110 Å². The number of para-hydroxylation sites is 2. The van der Waals surface area contributed by atoms with Gasteiger partial charge >= 0.3 is 0 Å². The lowest BCUT2D eigenvalue weighted by atomic mass is 9.80. The maximum Gasteiger partial charge on any atom is 0.0587 e. The number of benzene rings is 9. The molecular weight excluding hydrogens is 749 g/mol. The molecule has 0 amide bonds. The minimum atomic E-state index is -0.215. The number of rotatable bonds is 6. The van der Waals surface area contributed by atoms with Gasteiger partial charge in [-0.1, -0.05) is 185 Å². The fourth-order valence-electron chi connectivity index (χ4n) is 11.0. The monoisotopic (exact) mass is 794 g/mol. The third kappa shape index (κ3) is 5.29. The van der Waals surface area contributed by atoms with Crippen LogP contribution in [0.1, 0.15) is 49.9 Å². The highest BCUT2D eigenvalue weighted by atomic mass is 15.1. The zero-order valence-electron chi connectivity index (χ0n) is 35.5. The predicted octanol–water partition coefficient (Wildman–Crippen LogP) is 16.2. The molecule has 0 saturated heterocycles. The quantitative estimate of drug-likeness (QED) is 0.163. The summed E-state index contributed by atoms with van der Waals surface area (Å²) >= 11 is 0. The maximum absolute atomic E-state index is 2.55. The Kier molecular flexibility index (Phi) is 7.96. The molecule has 2 aliphatic carbocycles. The number of hydrogen-bond acceptors (Lipinski definition) is 1. The first-order valence-electron chi connectivity index (χ1n) is 21.9. The summed E-state index contributed by atoms with van der Waals surface area (Å²) in [5.41, 5.74) is 22.4. The standard InChI is InChI=1S/C60H46N2/c1-59(2)52-22-12-8-18-46(52)48-35-34-44(38-54(48)59)61(42-30-26-40(27-31-42)39-16-6-5-7-17-39)43-32-28-41(29-33-43)45-36-37-51-47-19-9-13-23-53(47)60(3,4)57(51)58(45)62-55-24-14-10-20-49(55)50-21-11-15-25-56(50)62/h5-38H,1-4H3. The Balaban J connectivity index is 1.05. The molecule has 62 heavy (non-hydrogen) atoms. The van der Waals surface area contributed by atoms with E-state index < -0.39 is 0 Å². The fourth-order valence-corrected chi connectivity index (χ4v) is 11.0.